The van der Waals surface area contributed by atoms with Gasteiger partial charge >= 0.3 is 0 Å². The molecule has 0 bridgehead atoms. The number of anilines is 1. The molecule has 0 fully saturated rings. The predicted octanol–water partition coefficient (Wildman–Crippen LogP) is 3.89. The summed E-state index contributed by atoms with van der Waals surface area (Å²) in [5, 5.41) is 12.5. The fourth-order valence-corrected chi connectivity index (χ4v) is 3.95. The number of carbonyl (C=O) groups excluding carboxylic acids is 2. The predicted molar refractivity (Wildman–Crippen MR) is 124 cm³/mol. The number of benzene rings is 2. The van der Waals surface area contributed by atoms with E-state index < -0.39 is 0 Å². The van der Waals surface area contributed by atoms with Crippen LogP contribution < -0.4 is 5.32 Å². The SMILES string of the molecule is CCc1ccccc1NC(=O)CN(C)C(=O)CSc1nnc(-c2ccc(Cl)cc2)n1C. The summed E-state index contributed by atoms with van der Waals surface area (Å²) in [7, 11) is 3.46. The number of thioether (sulfide) groups is 1. The molecule has 0 atom stereocenters. The fourth-order valence-electron chi connectivity index (χ4n) is 2.97. The number of hydrogen-bond donors (Lipinski definition) is 1. The molecule has 1 N–H and O–H groups in total. The number of likely N-dealkylation sites (N-methyl/N-ethyl adjacent to an activating group) is 1. The standard InChI is InChI=1S/C22H24ClN5O2S/c1-4-15-7-5-6-8-18(15)24-19(29)13-27(2)20(30)14-31-22-26-25-21(28(22)3)16-9-11-17(23)12-10-16/h5-12H,4,13-14H2,1-3H3,(H,24,29). The van der Waals surface area contributed by atoms with Crippen LogP contribution in [0.5, 0.6) is 0 Å². The van der Waals surface area contributed by atoms with Gasteiger partial charge in [0.25, 0.3) is 0 Å². The van der Waals surface area contributed by atoms with Crippen molar-refractivity contribution in [2.75, 3.05) is 24.7 Å². The third-order valence-corrected chi connectivity index (χ3v) is 6.00. The minimum Gasteiger partial charge on any atom is -0.336 e. The lowest BCUT2D eigenvalue weighted by Gasteiger charge is -2.17. The highest BCUT2D eigenvalue weighted by molar-refractivity contribution is 7.99. The van der Waals surface area contributed by atoms with E-state index in [0.29, 0.717) is 16.0 Å². The summed E-state index contributed by atoms with van der Waals surface area (Å²) in [6.07, 6.45) is 0.817. The number of aryl methyl sites for hydroxylation is 1. The molecule has 9 heteroatoms. The second-order valence-corrected chi connectivity index (χ2v) is 8.35. The molecule has 2 aromatic carbocycles. The molecule has 0 saturated heterocycles. The highest BCUT2D eigenvalue weighted by atomic mass is 35.5. The van der Waals surface area contributed by atoms with Crippen LogP contribution in [0.15, 0.2) is 53.7 Å². The van der Waals surface area contributed by atoms with Gasteiger partial charge in [-0.1, -0.05) is 48.5 Å². The minimum absolute atomic E-state index is 0.0215. The third kappa shape index (κ3) is 5.86. The summed E-state index contributed by atoms with van der Waals surface area (Å²) < 4.78 is 1.83. The Kier molecular flexibility index (Phi) is 7.70. The Morgan fingerprint density at radius 1 is 1.13 bits per heavy atom. The van der Waals surface area contributed by atoms with E-state index >= 15 is 0 Å². The van der Waals surface area contributed by atoms with Crippen molar-refractivity contribution in [1.82, 2.24) is 19.7 Å². The Bertz CT molecular complexity index is 1070. The van der Waals surface area contributed by atoms with Gasteiger partial charge in [-0.05, 0) is 42.3 Å². The summed E-state index contributed by atoms with van der Waals surface area (Å²) >= 11 is 7.22. The summed E-state index contributed by atoms with van der Waals surface area (Å²) in [5.74, 6) is 0.446. The van der Waals surface area contributed by atoms with E-state index in [-0.39, 0.29) is 24.1 Å². The van der Waals surface area contributed by atoms with Crippen LogP contribution in [-0.4, -0.2) is 50.8 Å². The number of hydrogen-bond acceptors (Lipinski definition) is 5. The Morgan fingerprint density at radius 2 is 1.84 bits per heavy atom. The monoisotopic (exact) mass is 457 g/mol. The smallest absolute Gasteiger partial charge is 0.243 e. The van der Waals surface area contributed by atoms with Gasteiger partial charge in [0.15, 0.2) is 11.0 Å². The Balaban J connectivity index is 1.54. The van der Waals surface area contributed by atoms with Crippen molar-refractivity contribution >= 4 is 40.9 Å². The number of nitrogens with zero attached hydrogens (tertiary/aromatic N) is 4. The van der Waals surface area contributed by atoms with E-state index in [4.69, 9.17) is 11.6 Å². The van der Waals surface area contributed by atoms with E-state index in [2.05, 4.69) is 15.5 Å². The molecule has 3 rings (SSSR count). The Morgan fingerprint density at radius 3 is 2.55 bits per heavy atom. The van der Waals surface area contributed by atoms with Crippen LogP contribution in [0.2, 0.25) is 5.02 Å². The largest absolute Gasteiger partial charge is 0.336 e. The van der Waals surface area contributed by atoms with Crippen LogP contribution in [0.1, 0.15) is 12.5 Å². The fraction of sp³-hybridized carbons (Fsp3) is 0.273. The molecule has 0 saturated carbocycles. The molecular formula is C22H24ClN5O2S. The van der Waals surface area contributed by atoms with Crippen molar-refractivity contribution in [3.05, 3.63) is 59.1 Å². The van der Waals surface area contributed by atoms with Crippen LogP contribution in [0.4, 0.5) is 5.69 Å². The maximum absolute atomic E-state index is 12.5. The molecule has 1 aromatic heterocycles. The van der Waals surface area contributed by atoms with Crippen molar-refractivity contribution in [3.8, 4) is 11.4 Å². The summed E-state index contributed by atoms with van der Waals surface area (Å²) in [4.78, 5) is 26.3. The van der Waals surface area contributed by atoms with E-state index in [1.54, 1.807) is 19.2 Å². The second-order valence-electron chi connectivity index (χ2n) is 6.97. The lowest BCUT2D eigenvalue weighted by atomic mass is 10.1. The van der Waals surface area contributed by atoms with Crippen molar-refractivity contribution in [2.45, 2.75) is 18.5 Å². The van der Waals surface area contributed by atoms with E-state index in [1.165, 1.54) is 16.7 Å². The highest BCUT2D eigenvalue weighted by Crippen LogP contribution is 2.24. The molecule has 31 heavy (non-hydrogen) atoms. The van der Waals surface area contributed by atoms with Crippen molar-refractivity contribution < 1.29 is 9.59 Å². The molecule has 0 aliphatic heterocycles. The molecule has 2 amide bonds. The topological polar surface area (TPSA) is 80.1 Å². The average Bonchev–Trinajstić information content (AvgIpc) is 3.13. The summed E-state index contributed by atoms with van der Waals surface area (Å²) in [6, 6.07) is 15.0. The first-order valence-electron chi connectivity index (χ1n) is 9.79. The van der Waals surface area contributed by atoms with Crippen molar-refractivity contribution in [2.24, 2.45) is 7.05 Å². The molecule has 162 valence electrons. The molecule has 0 spiro atoms. The number of amides is 2. The molecule has 1 heterocycles. The van der Waals surface area contributed by atoms with E-state index in [1.807, 2.05) is 54.9 Å². The Labute approximate surface area is 190 Å². The van der Waals surface area contributed by atoms with Gasteiger partial charge in [-0.3, -0.25) is 9.59 Å². The van der Waals surface area contributed by atoms with Crippen molar-refractivity contribution in [3.63, 3.8) is 0 Å². The van der Waals surface area contributed by atoms with Gasteiger partial charge in [-0.25, -0.2) is 0 Å². The number of carbonyl (C=O) groups is 2. The van der Waals surface area contributed by atoms with Crippen molar-refractivity contribution in [1.29, 1.82) is 0 Å². The summed E-state index contributed by atoms with van der Waals surface area (Å²) in [6.45, 7) is 2.01. The molecule has 7 nitrogen and oxygen atoms in total. The molecular weight excluding hydrogens is 434 g/mol. The van der Waals surface area contributed by atoms with Crippen LogP contribution in [0.3, 0.4) is 0 Å². The number of para-hydroxylation sites is 1. The number of nitrogens with one attached hydrogen (secondary N) is 1. The van der Waals surface area contributed by atoms with E-state index in [9.17, 15) is 9.59 Å². The Hall–Kier alpha value is -2.84. The maximum atomic E-state index is 12.5. The molecule has 0 aliphatic rings. The van der Waals surface area contributed by atoms with Crippen LogP contribution in [-0.2, 0) is 23.1 Å². The lowest BCUT2D eigenvalue weighted by Crippen LogP contribution is -2.36. The van der Waals surface area contributed by atoms with Gasteiger partial charge in [-0.2, -0.15) is 0 Å². The number of halogens is 1. The van der Waals surface area contributed by atoms with Gasteiger partial charge in [0.2, 0.25) is 11.8 Å². The molecule has 0 radical (unpaired) electrons. The minimum atomic E-state index is -0.231. The van der Waals surface area contributed by atoms with Crippen LogP contribution in [0.25, 0.3) is 11.4 Å². The zero-order chi connectivity index (χ0) is 22.4. The maximum Gasteiger partial charge on any atom is 0.243 e. The average molecular weight is 458 g/mol. The van der Waals surface area contributed by atoms with Gasteiger partial charge in [0.1, 0.15) is 0 Å². The highest BCUT2D eigenvalue weighted by Gasteiger charge is 2.17. The number of rotatable bonds is 8. The quantitative estimate of drug-likeness (QED) is 0.519. The van der Waals surface area contributed by atoms with Gasteiger partial charge in [-0.15, -0.1) is 10.2 Å². The van der Waals surface area contributed by atoms with Gasteiger partial charge in [0, 0.05) is 30.4 Å². The molecule has 0 aliphatic carbocycles. The molecule has 0 unspecified atom stereocenters. The van der Waals surface area contributed by atoms with E-state index in [0.717, 1.165) is 23.2 Å². The first kappa shape index (κ1) is 22.8. The first-order chi connectivity index (χ1) is 14.9. The van der Waals surface area contributed by atoms with Crippen LogP contribution >= 0.6 is 23.4 Å². The van der Waals surface area contributed by atoms with Gasteiger partial charge in [0.05, 0.1) is 12.3 Å². The lowest BCUT2D eigenvalue weighted by molar-refractivity contribution is -0.131. The zero-order valence-corrected chi connectivity index (χ0v) is 19.2. The van der Waals surface area contributed by atoms with Gasteiger partial charge < -0.3 is 14.8 Å². The third-order valence-electron chi connectivity index (χ3n) is 4.74. The normalized spacial score (nSPS) is 10.7. The first-order valence-corrected chi connectivity index (χ1v) is 11.1. The summed E-state index contributed by atoms with van der Waals surface area (Å²) in [5.41, 5.74) is 2.72. The molecule has 3 aromatic rings. The van der Waals surface area contributed by atoms with Crippen LogP contribution in [0, 0.1) is 0 Å². The number of aromatic nitrogens is 3. The second kappa shape index (κ2) is 10.5. The zero-order valence-electron chi connectivity index (χ0n) is 17.6.